The number of halogens is 1. The first-order chi connectivity index (χ1) is 19.4. The van der Waals surface area contributed by atoms with Crippen LogP contribution in [0.1, 0.15) is 5.82 Å². The average molecular weight is 553 g/mol. The van der Waals surface area contributed by atoms with Crippen LogP contribution in [-0.2, 0) is 20.7 Å². The number of nitrogens with one attached hydrogen (secondary N) is 2. The second-order valence-electron chi connectivity index (χ2n) is 10.5. The van der Waals surface area contributed by atoms with Crippen molar-refractivity contribution in [1.82, 2.24) is 34.6 Å². The number of ether oxygens (including phenoxy) is 2. The van der Waals surface area contributed by atoms with Gasteiger partial charge in [0.2, 0.25) is 11.9 Å². The van der Waals surface area contributed by atoms with Gasteiger partial charge in [0.05, 0.1) is 42.6 Å². The van der Waals surface area contributed by atoms with E-state index in [0.717, 1.165) is 38.3 Å². The van der Waals surface area contributed by atoms with E-state index < -0.39 is 6.29 Å². The molecule has 2 aromatic heterocycles. The number of aromatic amines is 1. The topological polar surface area (TPSA) is 112 Å². The number of piperazine rings is 1. The van der Waals surface area contributed by atoms with E-state index in [4.69, 9.17) is 14.5 Å². The van der Waals surface area contributed by atoms with Gasteiger partial charge in [0, 0.05) is 51.0 Å². The maximum absolute atomic E-state index is 13.7. The summed E-state index contributed by atoms with van der Waals surface area (Å²) in [6, 6.07) is 8.01. The molecule has 2 aliphatic heterocycles. The second kappa shape index (κ2) is 12.8. The lowest BCUT2D eigenvalue weighted by Crippen LogP contribution is -2.51. The lowest BCUT2D eigenvalue weighted by molar-refractivity contribution is -0.204. The van der Waals surface area contributed by atoms with Gasteiger partial charge >= 0.3 is 0 Å². The highest BCUT2D eigenvalue weighted by atomic mass is 19.1. The van der Waals surface area contributed by atoms with Gasteiger partial charge in [-0.1, -0.05) is 0 Å². The average Bonchev–Trinajstić information content (AvgIpc) is 3.37. The van der Waals surface area contributed by atoms with E-state index in [1.165, 1.54) is 12.1 Å². The van der Waals surface area contributed by atoms with Crippen LogP contribution in [0.2, 0.25) is 0 Å². The number of anilines is 1. The minimum Gasteiger partial charge on any atom is -0.353 e. The van der Waals surface area contributed by atoms with Crippen LogP contribution in [0.5, 0.6) is 0 Å². The Labute approximate surface area is 233 Å². The number of benzene rings is 1. The number of aromatic nitrogens is 4. The first-order valence-corrected chi connectivity index (χ1v) is 13.6. The molecule has 1 amide bonds. The summed E-state index contributed by atoms with van der Waals surface area (Å²) < 4.78 is 25.6. The summed E-state index contributed by atoms with van der Waals surface area (Å²) in [6.45, 7) is 5.36. The summed E-state index contributed by atoms with van der Waals surface area (Å²) in [5, 5.41) is 3.24. The van der Waals surface area contributed by atoms with Crippen LogP contribution in [0, 0.1) is 11.7 Å². The number of amides is 1. The number of H-pyrrole nitrogens is 1. The maximum Gasteiger partial charge on any atom is 0.230 e. The van der Waals surface area contributed by atoms with Crippen LogP contribution >= 0.6 is 0 Å². The van der Waals surface area contributed by atoms with E-state index in [2.05, 4.69) is 37.1 Å². The van der Waals surface area contributed by atoms with Crippen molar-refractivity contribution in [2.75, 3.05) is 78.9 Å². The highest BCUT2D eigenvalue weighted by Gasteiger charge is 2.32. The Morgan fingerprint density at radius 3 is 2.52 bits per heavy atom. The SMILES string of the molecule is CN(C)CCNc1nccc(-c2[nH]c(CC3OCC(C(=O)N4CCN(C)CC4)CO3)nc2-c2ccc(F)cc2)n1. The van der Waals surface area contributed by atoms with Gasteiger partial charge in [-0.05, 0) is 51.5 Å². The van der Waals surface area contributed by atoms with Crippen molar-refractivity contribution >= 4 is 11.9 Å². The molecule has 2 aliphatic rings. The smallest absolute Gasteiger partial charge is 0.230 e. The van der Waals surface area contributed by atoms with Gasteiger partial charge in [0.15, 0.2) is 6.29 Å². The summed E-state index contributed by atoms with van der Waals surface area (Å²) in [6.07, 6.45) is 1.52. The fourth-order valence-electron chi connectivity index (χ4n) is 4.74. The molecule has 4 heterocycles. The number of hydrogen-bond donors (Lipinski definition) is 2. The molecule has 2 saturated heterocycles. The van der Waals surface area contributed by atoms with Gasteiger partial charge in [-0.3, -0.25) is 4.79 Å². The van der Waals surface area contributed by atoms with Crippen molar-refractivity contribution in [1.29, 1.82) is 0 Å². The van der Waals surface area contributed by atoms with Crippen LogP contribution in [0.4, 0.5) is 10.3 Å². The van der Waals surface area contributed by atoms with Gasteiger partial charge in [-0.15, -0.1) is 0 Å². The predicted molar refractivity (Wildman–Crippen MR) is 149 cm³/mol. The van der Waals surface area contributed by atoms with Crippen molar-refractivity contribution in [2.24, 2.45) is 5.92 Å². The Balaban J connectivity index is 1.29. The Kier molecular flexibility index (Phi) is 9.00. The minimum absolute atomic E-state index is 0.0872. The van der Waals surface area contributed by atoms with Gasteiger partial charge in [-0.25, -0.2) is 19.3 Å². The van der Waals surface area contributed by atoms with E-state index in [1.54, 1.807) is 18.3 Å². The summed E-state index contributed by atoms with van der Waals surface area (Å²) in [4.78, 5) is 36.3. The zero-order valence-corrected chi connectivity index (χ0v) is 23.3. The third-order valence-electron chi connectivity index (χ3n) is 7.12. The molecule has 0 radical (unpaired) electrons. The van der Waals surface area contributed by atoms with Gasteiger partial charge in [0.1, 0.15) is 11.6 Å². The molecule has 0 aliphatic carbocycles. The predicted octanol–water partition coefficient (Wildman–Crippen LogP) is 1.95. The van der Waals surface area contributed by atoms with Crippen LogP contribution in [0.3, 0.4) is 0 Å². The molecular weight excluding hydrogens is 515 g/mol. The minimum atomic E-state index is -0.537. The van der Waals surface area contributed by atoms with E-state index in [1.807, 2.05) is 25.1 Å². The third-order valence-corrected chi connectivity index (χ3v) is 7.12. The second-order valence-corrected chi connectivity index (χ2v) is 10.5. The molecule has 214 valence electrons. The summed E-state index contributed by atoms with van der Waals surface area (Å²) in [7, 11) is 6.07. The Morgan fingerprint density at radius 2 is 1.82 bits per heavy atom. The highest BCUT2D eigenvalue weighted by molar-refractivity contribution is 5.79. The van der Waals surface area contributed by atoms with Crippen LogP contribution in [-0.4, -0.2) is 120 Å². The molecule has 0 spiro atoms. The van der Waals surface area contributed by atoms with E-state index in [-0.39, 0.29) is 17.6 Å². The molecule has 3 aromatic rings. The zero-order chi connectivity index (χ0) is 28.1. The number of carbonyl (C=O) groups excluding carboxylic acids is 1. The number of nitrogens with zero attached hydrogens (tertiary/aromatic N) is 6. The first kappa shape index (κ1) is 28.1. The number of imidazole rings is 1. The number of carbonyl (C=O) groups is 1. The van der Waals surface area contributed by atoms with E-state index in [0.29, 0.717) is 55.0 Å². The van der Waals surface area contributed by atoms with Gasteiger partial charge < -0.3 is 34.5 Å². The molecule has 5 rings (SSSR count). The third kappa shape index (κ3) is 7.00. The molecule has 12 heteroatoms. The maximum atomic E-state index is 13.7. The molecule has 11 nitrogen and oxygen atoms in total. The molecule has 0 atom stereocenters. The fraction of sp³-hybridized carbons (Fsp3) is 0.500. The Hall–Kier alpha value is -3.45. The van der Waals surface area contributed by atoms with E-state index in [9.17, 15) is 9.18 Å². The summed E-state index contributed by atoms with van der Waals surface area (Å²) >= 11 is 0. The molecule has 0 unspecified atom stereocenters. The lowest BCUT2D eigenvalue weighted by Gasteiger charge is -2.36. The molecular formula is C28H37FN8O3. The summed E-state index contributed by atoms with van der Waals surface area (Å²) in [5.74, 6) is 0.616. The van der Waals surface area contributed by atoms with Crippen LogP contribution in [0.15, 0.2) is 36.5 Å². The first-order valence-electron chi connectivity index (χ1n) is 13.6. The Bertz CT molecular complexity index is 1270. The summed E-state index contributed by atoms with van der Waals surface area (Å²) in [5.41, 5.74) is 2.75. The standard InChI is InChI=1S/C28H37FN8O3/c1-35(2)11-10-31-28-30-9-8-22(32-28)26-25(19-4-6-21(29)7-5-19)33-23(34-26)16-24-39-17-20(18-40-24)27(38)37-14-12-36(3)13-15-37/h4-9,20,24H,10-18H2,1-3H3,(H,33,34)(H,30,31,32). The molecule has 1 aromatic carbocycles. The fourth-order valence-corrected chi connectivity index (χ4v) is 4.74. The van der Waals surface area contributed by atoms with Crippen LogP contribution < -0.4 is 5.32 Å². The number of rotatable bonds is 9. The van der Waals surface area contributed by atoms with E-state index >= 15 is 0 Å². The van der Waals surface area contributed by atoms with Crippen LogP contribution in [0.25, 0.3) is 22.6 Å². The molecule has 2 N–H and O–H groups in total. The van der Waals surface area contributed by atoms with Crippen molar-refractivity contribution in [3.63, 3.8) is 0 Å². The lowest BCUT2D eigenvalue weighted by atomic mass is 10.1. The van der Waals surface area contributed by atoms with Crippen molar-refractivity contribution in [2.45, 2.75) is 12.7 Å². The normalized spacial score (nSPS) is 20.2. The van der Waals surface area contributed by atoms with Crippen molar-refractivity contribution in [3.05, 3.63) is 48.2 Å². The van der Waals surface area contributed by atoms with Gasteiger partial charge in [0.25, 0.3) is 0 Å². The molecule has 40 heavy (non-hydrogen) atoms. The number of hydrogen-bond acceptors (Lipinski definition) is 9. The quantitative estimate of drug-likeness (QED) is 0.411. The molecule has 0 bridgehead atoms. The highest BCUT2D eigenvalue weighted by Crippen LogP contribution is 2.30. The zero-order valence-electron chi connectivity index (χ0n) is 23.3. The Morgan fingerprint density at radius 1 is 1.10 bits per heavy atom. The largest absolute Gasteiger partial charge is 0.353 e. The molecule has 2 fully saturated rings. The number of likely N-dealkylation sites (N-methyl/N-ethyl adjacent to an activating group) is 2. The molecule has 0 saturated carbocycles. The monoisotopic (exact) mass is 552 g/mol. The van der Waals surface area contributed by atoms with Gasteiger partial charge in [-0.2, -0.15) is 0 Å². The van der Waals surface area contributed by atoms with Crippen molar-refractivity contribution in [3.8, 4) is 22.6 Å². The van der Waals surface area contributed by atoms with Crippen molar-refractivity contribution < 1.29 is 18.7 Å².